The second kappa shape index (κ2) is 4.76. The Hall–Kier alpha value is -0.130. The average Bonchev–Trinajstić information content (AvgIpc) is 2.51. The largest absolute Gasteiger partial charge is 0.324 e. The number of hydrogen-bond acceptors (Lipinski definition) is 4. The minimum absolute atomic E-state index is 0.146. The van der Waals surface area contributed by atoms with Crippen molar-refractivity contribution in [3.05, 3.63) is 0 Å². The summed E-state index contributed by atoms with van der Waals surface area (Å²) in [4.78, 5) is 0. The Balaban J connectivity index is 1.91. The number of nitrogens with two attached hydrogens (primary N) is 1. The van der Waals surface area contributed by atoms with Crippen molar-refractivity contribution in [2.24, 2.45) is 11.7 Å². The van der Waals surface area contributed by atoms with E-state index in [0.29, 0.717) is 18.1 Å². The molecule has 2 fully saturated rings. The summed E-state index contributed by atoms with van der Waals surface area (Å²) in [5.74, 6) is 1.25. The van der Waals surface area contributed by atoms with Crippen LogP contribution in [-0.2, 0) is 9.84 Å². The van der Waals surface area contributed by atoms with Gasteiger partial charge in [-0.1, -0.05) is 19.8 Å². The summed E-state index contributed by atoms with van der Waals surface area (Å²) in [6.45, 7) is 5.00. The van der Waals surface area contributed by atoms with Crippen molar-refractivity contribution in [3.63, 3.8) is 0 Å². The lowest BCUT2D eigenvalue weighted by Gasteiger charge is -2.39. The van der Waals surface area contributed by atoms with Gasteiger partial charge in [0.05, 0.1) is 11.5 Å². The Kier molecular flexibility index (Phi) is 3.78. The predicted octanol–water partition coefficient (Wildman–Crippen LogP) is 1.06. The zero-order chi connectivity index (χ0) is 13.4. The molecule has 0 bridgehead atoms. The zero-order valence-corrected chi connectivity index (χ0v) is 12.4. The molecule has 0 radical (unpaired) electrons. The lowest BCUT2D eigenvalue weighted by Crippen LogP contribution is -2.57. The van der Waals surface area contributed by atoms with Gasteiger partial charge in [-0.2, -0.15) is 0 Å². The van der Waals surface area contributed by atoms with Crippen molar-refractivity contribution in [2.45, 2.75) is 57.0 Å². The van der Waals surface area contributed by atoms with Crippen LogP contribution in [0.3, 0.4) is 0 Å². The van der Waals surface area contributed by atoms with Gasteiger partial charge in [0.2, 0.25) is 0 Å². The van der Waals surface area contributed by atoms with E-state index in [-0.39, 0.29) is 16.8 Å². The van der Waals surface area contributed by atoms with Gasteiger partial charge in [-0.05, 0) is 32.1 Å². The van der Waals surface area contributed by atoms with Crippen LogP contribution in [0.4, 0.5) is 0 Å². The minimum Gasteiger partial charge on any atom is -0.324 e. The summed E-state index contributed by atoms with van der Waals surface area (Å²) >= 11 is 0. The van der Waals surface area contributed by atoms with Crippen LogP contribution in [-0.4, -0.2) is 37.5 Å². The van der Waals surface area contributed by atoms with Crippen LogP contribution >= 0.6 is 0 Å². The SMILES string of the molecule is CC1CCCC(N)(CNC2(C)CCS(=O)(=O)C2)C1. The monoisotopic (exact) mass is 274 g/mol. The van der Waals surface area contributed by atoms with Gasteiger partial charge >= 0.3 is 0 Å². The molecule has 0 aromatic heterocycles. The van der Waals surface area contributed by atoms with Crippen molar-refractivity contribution in [1.29, 1.82) is 0 Å². The van der Waals surface area contributed by atoms with E-state index in [4.69, 9.17) is 5.73 Å². The normalized spacial score (nSPS) is 44.1. The summed E-state index contributed by atoms with van der Waals surface area (Å²) in [5, 5.41) is 3.44. The van der Waals surface area contributed by atoms with E-state index < -0.39 is 9.84 Å². The van der Waals surface area contributed by atoms with Gasteiger partial charge in [-0.15, -0.1) is 0 Å². The smallest absolute Gasteiger partial charge is 0.152 e. The zero-order valence-electron chi connectivity index (χ0n) is 11.5. The second-order valence-electron chi connectivity index (χ2n) is 6.82. The summed E-state index contributed by atoms with van der Waals surface area (Å²) in [5.41, 5.74) is 6.02. The van der Waals surface area contributed by atoms with E-state index in [0.717, 1.165) is 19.4 Å². The van der Waals surface area contributed by atoms with Gasteiger partial charge in [-0.3, -0.25) is 0 Å². The molecule has 1 aliphatic carbocycles. The standard InChI is InChI=1S/C13H26N2O2S/c1-11-4-3-5-13(14,8-11)9-15-12(2)6-7-18(16,17)10-12/h11,15H,3-10,14H2,1-2H3. The Bertz CT molecular complexity index is 409. The molecule has 1 saturated heterocycles. The van der Waals surface area contributed by atoms with Gasteiger partial charge in [0, 0.05) is 17.6 Å². The van der Waals surface area contributed by atoms with Crippen LogP contribution in [0.25, 0.3) is 0 Å². The molecule has 0 aromatic carbocycles. The van der Waals surface area contributed by atoms with Crippen molar-refractivity contribution < 1.29 is 8.42 Å². The van der Waals surface area contributed by atoms with E-state index >= 15 is 0 Å². The molecular formula is C13H26N2O2S. The first kappa shape index (κ1) is 14.3. The van der Waals surface area contributed by atoms with Gasteiger partial charge in [0.15, 0.2) is 9.84 Å². The number of sulfone groups is 1. The van der Waals surface area contributed by atoms with E-state index in [1.54, 1.807) is 0 Å². The topological polar surface area (TPSA) is 72.2 Å². The van der Waals surface area contributed by atoms with E-state index in [2.05, 4.69) is 12.2 Å². The highest BCUT2D eigenvalue weighted by Crippen LogP contribution is 2.31. The molecule has 2 aliphatic rings. The molecule has 18 heavy (non-hydrogen) atoms. The Morgan fingerprint density at radius 2 is 2.11 bits per heavy atom. The number of hydrogen-bond donors (Lipinski definition) is 2. The molecule has 3 N–H and O–H groups in total. The van der Waals surface area contributed by atoms with Crippen LogP contribution < -0.4 is 11.1 Å². The van der Waals surface area contributed by atoms with E-state index in [1.807, 2.05) is 6.92 Å². The highest BCUT2D eigenvalue weighted by atomic mass is 32.2. The molecule has 3 unspecified atom stereocenters. The average molecular weight is 274 g/mol. The van der Waals surface area contributed by atoms with E-state index in [9.17, 15) is 8.42 Å². The maximum Gasteiger partial charge on any atom is 0.152 e. The molecular weight excluding hydrogens is 248 g/mol. The Morgan fingerprint density at radius 3 is 2.67 bits per heavy atom. The third-order valence-corrected chi connectivity index (χ3v) is 6.40. The molecule has 1 heterocycles. The molecule has 0 spiro atoms. The van der Waals surface area contributed by atoms with Gasteiger partial charge in [0.1, 0.15) is 0 Å². The fourth-order valence-corrected chi connectivity index (χ4v) is 5.52. The molecule has 1 saturated carbocycles. The van der Waals surface area contributed by atoms with Crippen LogP contribution in [0.1, 0.15) is 46.0 Å². The van der Waals surface area contributed by atoms with Gasteiger partial charge in [0.25, 0.3) is 0 Å². The summed E-state index contributed by atoms with van der Waals surface area (Å²) in [6.07, 6.45) is 5.26. The van der Waals surface area contributed by atoms with Gasteiger partial charge in [-0.25, -0.2) is 8.42 Å². The van der Waals surface area contributed by atoms with Crippen molar-refractivity contribution in [3.8, 4) is 0 Å². The van der Waals surface area contributed by atoms with Crippen molar-refractivity contribution in [2.75, 3.05) is 18.1 Å². The minimum atomic E-state index is -2.84. The molecule has 3 atom stereocenters. The molecule has 1 aliphatic heterocycles. The quantitative estimate of drug-likeness (QED) is 0.807. The van der Waals surface area contributed by atoms with Crippen molar-refractivity contribution in [1.82, 2.24) is 5.32 Å². The molecule has 0 amide bonds. The van der Waals surface area contributed by atoms with Crippen molar-refractivity contribution >= 4 is 9.84 Å². The number of nitrogens with one attached hydrogen (secondary N) is 1. The molecule has 2 rings (SSSR count). The summed E-state index contributed by atoms with van der Waals surface area (Å²) in [6, 6.07) is 0. The van der Waals surface area contributed by atoms with Crippen LogP contribution in [0, 0.1) is 5.92 Å². The molecule has 0 aromatic rings. The van der Waals surface area contributed by atoms with Crippen LogP contribution in [0.5, 0.6) is 0 Å². The first-order valence-electron chi connectivity index (χ1n) is 6.96. The Morgan fingerprint density at radius 1 is 1.39 bits per heavy atom. The maximum atomic E-state index is 11.6. The summed E-state index contributed by atoms with van der Waals surface area (Å²) < 4.78 is 23.1. The third kappa shape index (κ3) is 3.45. The predicted molar refractivity (Wildman–Crippen MR) is 74.2 cm³/mol. The summed E-state index contributed by atoms with van der Waals surface area (Å²) in [7, 11) is -2.84. The van der Waals surface area contributed by atoms with Crippen LogP contribution in [0.15, 0.2) is 0 Å². The fourth-order valence-electron chi connectivity index (χ4n) is 3.40. The Labute approximate surface area is 111 Å². The molecule has 4 nitrogen and oxygen atoms in total. The molecule has 5 heteroatoms. The van der Waals surface area contributed by atoms with E-state index in [1.165, 1.54) is 12.8 Å². The molecule has 106 valence electrons. The lowest BCUT2D eigenvalue weighted by atomic mass is 9.76. The lowest BCUT2D eigenvalue weighted by molar-refractivity contribution is 0.211. The second-order valence-corrected chi connectivity index (χ2v) is 9.00. The fraction of sp³-hybridized carbons (Fsp3) is 1.00. The first-order chi connectivity index (χ1) is 8.22. The third-order valence-electron chi connectivity index (χ3n) is 4.50. The number of rotatable bonds is 3. The first-order valence-corrected chi connectivity index (χ1v) is 8.79. The highest BCUT2D eigenvalue weighted by molar-refractivity contribution is 7.91. The highest BCUT2D eigenvalue weighted by Gasteiger charge is 2.40. The van der Waals surface area contributed by atoms with Gasteiger partial charge < -0.3 is 11.1 Å². The maximum absolute atomic E-state index is 11.6. The van der Waals surface area contributed by atoms with Crippen LogP contribution in [0.2, 0.25) is 0 Å².